The van der Waals surface area contributed by atoms with Crippen LogP contribution in [-0.2, 0) is 4.74 Å². The van der Waals surface area contributed by atoms with Gasteiger partial charge in [0.2, 0.25) is 0 Å². The number of benzene rings is 3. The standard InChI is InChI=1S/C23H18N4O5S/c1-32-23(29)26-22(33)25-19-12-9-16(21(28)15-5-3-2-4-6-15)13-18(19)20(24)14-7-10-17(11-8-14)27(30)31/h2-13,24H,1H3,(H2,25,26,29,33). The van der Waals surface area contributed by atoms with Crippen molar-refractivity contribution < 1.29 is 19.2 Å². The molecule has 0 aliphatic heterocycles. The molecule has 10 heteroatoms. The van der Waals surface area contributed by atoms with Crippen LogP contribution in [0, 0.1) is 15.5 Å². The van der Waals surface area contributed by atoms with E-state index in [1.165, 1.54) is 37.4 Å². The first-order valence-corrected chi connectivity index (χ1v) is 9.94. The Morgan fingerprint density at radius 1 is 0.970 bits per heavy atom. The number of nitro benzene ring substituents is 1. The van der Waals surface area contributed by atoms with Crippen molar-refractivity contribution in [3.63, 3.8) is 0 Å². The van der Waals surface area contributed by atoms with Gasteiger partial charge in [0, 0.05) is 40.1 Å². The lowest BCUT2D eigenvalue weighted by Crippen LogP contribution is -2.34. The van der Waals surface area contributed by atoms with Crippen molar-refractivity contribution in [3.05, 3.63) is 105 Å². The van der Waals surface area contributed by atoms with E-state index in [9.17, 15) is 19.7 Å². The van der Waals surface area contributed by atoms with Gasteiger partial charge in [0.1, 0.15) is 0 Å². The number of methoxy groups -OCH3 is 1. The van der Waals surface area contributed by atoms with Crippen molar-refractivity contribution in [1.29, 1.82) is 5.41 Å². The number of carbonyl (C=O) groups is 2. The summed E-state index contributed by atoms with van der Waals surface area (Å²) in [5.74, 6) is -0.241. The fourth-order valence-corrected chi connectivity index (χ4v) is 3.15. The first-order chi connectivity index (χ1) is 15.8. The maximum atomic E-state index is 12.9. The van der Waals surface area contributed by atoms with Crippen molar-refractivity contribution in [1.82, 2.24) is 5.32 Å². The van der Waals surface area contributed by atoms with Gasteiger partial charge in [-0.2, -0.15) is 0 Å². The number of amides is 1. The number of ketones is 1. The molecule has 3 rings (SSSR count). The van der Waals surface area contributed by atoms with Crippen LogP contribution in [0.25, 0.3) is 0 Å². The van der Waals surface area contributed by atoms with Crippen molar-refractivity contribution in [2.24, 2.45) is 0 Å². The van der Waals surface area contributed by atoms with E-state index in [-0.39, 0.29) is 22.3 Å². The minimum absolute atomic E-state index is 0.00372. The summed E-state index contributed by atoms with van der Waals surface area (Å²) in [5, 5.41) is 24.7. The molecule has 0 saturated carbocycles. The molecular weight excluding hydrogens is 444 g/mol. The van der Waals surface area contributed by atoms with Gasteiger partial charge in [-0.1, -0.05) is 30.3 Å². The van der Waals surface area contributed by atoms with Gasteiger partial charge in [0.25, 0.3) is 5.69 Å². The highest BCUT2D eigenvalue weighted by molar-refractivity contribution is 7.80. The van der Waals surface area contributed by atoms with Gasteiger partial charge < -0.3 is 10.1 Å². The van der Waals surface area contributed by atoms with Crippen LogP contribution in [0.1, 0.15) is 27.0 Å². The van der Waals surface area contributed by atoms with E-state index in [4.69, 9.17) is 17.6 Å². The molecule has 3 aromatic carbocycles. The summed E-state index contributed by atoms with van der Waals surface area (Å²) in [6.07, 6.45) is -0.768. The molecule has 3 aromatic rings. The molecule has 0 aliphatic rings. The third-order valence-electron chi connectivity index (χ3n) is 4.60. The second-order valence-electron chi connectivity index (χ2n) is 6.71. The number of thiocarbonyl (C=S) groups is 1. The second kappa shape index (κ2) is 10.2. The van der Waals surface area contributed by atoms with Crippen LogP contribution in [0.5, 0.6) is 0 Å². The maximum absolute atomic E-state index is 12.9. The molecule has 33 heavy (non-hydrogen) atoms. The minimum atomic E-state index is -0.768. The lowest BCUT2D eigenvalue weighted by atomic mass is 9.95. The van der Waals surface area contributed by atoms with E-state index in [0.717, 1.165) is 0 Å². The predicted molar refractivity (Wildman–Crippen MR) is 127 cm³/mol. The molecule has 0 fully saturated rings. The van der Waals surface area contributed by atoms with E-state index in [2.05, 4.69) is 15.4 Å². The highest BCUT2D eigenvalue weighted by Crippen LogP contribution is 2.24. The Morgan fingerprint density at radius 2 is 1.61 bits per heavy atom. The third-order valence-corrected chi connectivity index (χ3v) is 4.81. The topological polar surface area (TPSA) is 134 Å². The lowest BCUT2D eigenvalue weighted by molar-refractivity contribution is -0.384. The van der Waals surface area contributed by atoms with Crippen LogP contribution in [-0.4, -0.2) is 34.7 Å². The van der Waals surface area contributed by atoms with Crippen LogP contribution < -0.4 is 10.6 Å². The summed E-state index contributed by atoms with van der Waals surface area (Å²) in [6, 6.07) is 18.8. The number of rotatable bonds is 6. The van der Waals surface area contributed by atoms with Crippen molar-refractivity contribution >= 4 is 46.3 Å². The SMILES string of the molecule is COC(=O)NC(=S)Nc1ccc(C(=O)c2ccccc2)cc1C(=N)c1ccc([N+](=O)[O-])cc1. The lowest BCUT2D eigenvalue weighted by Gasteiger charge is -2.15. The summed E-state index contributed by atoms with van der Waals surface area (Å²) in [6.45, 7) is 0. The first-order valence-electron chi connectivity index (χ1n) is 9.53. The van der Waals surface area contributed by atoms with Gasteiger partial charge in [0.05, 0.1) is 17.7 Å². The number of nitrogens with one attached hydrogen (secondary N) is 3. The normalized spacial score (nSPS) is 10.1. The molecule has 0 atom stereocenters. The average molecular weight is 462 g/mol. The quantitative estimate of drug-likeness (QED) is 0.163. The molecule has 0 bridgehead atoms. The molecule has 0 spiro atoms. The van der Waals surface area contributed by atoms with E-state index in [1.807, 2.05) is 0 Å². The number of non-ortho nitro benzene ring substituents is 1. The Bertz CT molecular complexity index is 1240. The number of ether oxygens (including phenoxy) is 1. The molecule has 0 aromatic heterocycles. The molecule has 3 N–H and O–H groups in total. The Labute approximate surface area is 194 Å². The van der Waals surface area contributed by atoms with Gasteiger partial charge in [-0.15, -0.1) is 0 Å². The highest BCUT2D eigenvalue weighted by Gasteiger charge is 2.17. The average Bonchev–Trinajstić information content (AvgIpc) is 2.83. The molecule has 9 nitrogen and oxygen atoms in total. The van der Waals surface area contributed by atoms with E-state index in [1.54, 1.807) is 42.5 Å². The van der Waals surface area contributed by atoms with Gasteiger partial charge in [-0.3, -0.25) is 25.6 Å². The van der Waals surface area contributed by atoms with Gasteiger partial charge in [-0.05, 0) is 42.5 Å². The molecule has 0 unspecified atom stereocenters. The second-order valence-corrected chi connectivity index (χ2v) is 7.11. The number of nitrogens with zero attached hydrogens (tertiary/aromatic N) is 1. The van der Waals surface area contributed by atoms with E-state index >= 15 is 0 Å². The fourth-order valence-electron chi connectivity index (χ4n) is 2.96. The Kier molecular flexibility index (Phi) is 7.21. The molecule has 1 amide bonds. The van der Waals surface area contributed by atoms with Gasteiger partial charge in [0.15, 0.2) is 10.9 Å². The maximum Gasteiger partial charge on any atom is 0.413 e. The van der Waals surface area contributed by atoms with Crippen LogP contribution in [0.15, 0.2) is 72.8 Å². The number of nitro groups is 1. The van der Waals surface area contributed by atoms with Crippen LogP contribution in [0.2, 0.25) is 0 Å². The fraction of sp³-hybridized carbons (Fsp3) is 0.0435. The monoisotopic (exact) mass is 462 g/mol. The van der Waals surface area contributed by atoms with Crippen molar-refractivity contribution in [2.45, 2.75) is 0 Å². The summed E-state index contributed by atoms with van der Waals surface area (Å²) in [7, 11) is 1.19. The smallest absolute Gasteiger partial charge is 0.413 e. The number of carbonyl (C=O) groups excluding carboxylic acids is 2. The Balaban J connectivity index is 2.01. The Morgan fingerprint density at radius 3 is 2.21 bits per heavy atom. The molecule has 0 heterocycles. The predicted octanol–water partition coefficient (Wildman–Crippen LogP) is 4.29. The zero-order valence-corrected chi connectivity index (χ0v) is 18.1. The highest BCUT2D eigenvalue weighted by atomic mass is 32.1. The summed E-state index contributed by atoms with van der Waals surface area (Å²) in [5.41, 5.74) is 1.75. The van der Waals surface area contributed by atoms with Gasteiger partial charge in [-0.25, -0.2) is 4.79 Å². The zero-order valence-electron chi connectivity index (χ0n) is 17.3. The molecule has 0 radical (unpaired) electrons. The number of hydrogen-bond donors (Lipinski definition) is 3. The van der Waals surface area contributed by atoms with E-state index in [0.29, 0.717) is 27.9 Å². The van der Waals surface area contributed by atoms with Crippen LogP contribution in [0.3, 0.4) is 0 Å². The van der Waals surface area contributed by atoms with E-state index < -0.39 is 11.0 Å². The summed E-state index contributed by atoms with van der Waals surface area (Å²) in [4.78, 5) is 34.8. The largest absolute Gasteiger partial charge is 0.453 e. The van der Waals surface area contributed by atoms with Gasteiger partial charge >= 0.3 is 6.09 Å². The molecule has 166 valence electrons. The first kappa shape index (κ1) is 23.2. The van der Waals surface area contributed by atoms with Crippen molar-refractivity contribution in [2.75, 3.05) is 12.4 Å². The zero-order chi connectivity index (χ0) is 24.0. The number of anilines is 1. The minimum Gasteiger partial charge on any atom is -0.453 e. The number of alkyl carbamates (subject to hydrolysis) is 1. The summed E-state index contributed by atoms with van der Waals surface area (Å²) >= 11 is 5.11. The third kappa shape index (κ3) is 5.63. The molecule has 0 aliphatic carbocycles. The number of hydrogen-bond acceptors (Lipinski definition) is 7. The Hall–Kier alpha value is -4.44. The van der Waals surface area contributed by atoms with Crippen LogP contribution >= 0.6 is 12.2 Å². The molecular formula is C23H18N4O5S. The summed E-state index contributed by atoms with van der Waals surface area (Å²) < 4.78 is 4.52. The van der Waals surface area contributed by atoms with Crippen molar-refractivity contribution in [3.8, 4) is 0 Å². The molecule has 0 saturated heterocycles. The van der Waals surface area contributed by atoms with Crippen LogP contribution in [0.4, 0.5) is 16.2 Å².